The van der Waals surface area contributed by atoms with Crippen LogP contribution in [0.1, 0.15) is 11.1 Å². The van der Waals surface area contributed by atoms with Crippen LogP contribution in [0.25, 0.3) is 0 Å². The first kappa shape index (κ1) is 7.79. The van der Waals surface area contributed by atoms with Crippen LogP contribution in [0.15, 0.2) is 24.3 Å². The molecule has 0 unspecified atom stereocenters. The first-order chi connectivity index (χ1) is 5.20. The highest BCUT2D eigenvalue weighted by Gasteiger charge is 2.00. The molecule has 0 aliphatic carbocycles. The van der Waals surface area contributed by atoms with E-state index in [2.05, 4.69) is 13.0 Å². The van der Waals surface area contributed by atoms with Gasteiger partial charge < -0.3 is 0 Å². The summed E-state index contributed by atoms with van der Waals surface area (Å²) in [6.45, 7) is 2.05. The molecule has 0 aliphatic heterocycles. The fourth-order valence-electron chi connectivity index (χ4n) is 1.03. The largest absolute Gasteiger partial charge is 0.291 e. The first-order valence-corrected chi connectivity index (χ1v) is 3.61. The normalized spacial score (nSPS) is 9.55. The van der Waals surface area contributed by atoms with Crippen LogP contribution in [0, 0.1) is 6.92 Å². The number of aryl methyl sites for hydroxylation is 1. The molecule has 0 heterocycles. The van der Waals surface area contributed by atoms with E-state index in [4.69, 9.17) is 11.1 Å². The average Bonchev–Trinajstić information content (AvgIpc) is 1.93. The maximum atomic E-state index is 5.39. The van der Waals surface area contributed by atoms with Crippen LogP contribution in [0.4, 0.5) is 0 Å². The van der Waals surface area contributed by atoms with E-state index in [1.54, 1.807) is 0 Å². The van der Waals surface area contributed by atoms with Gasteiger partial charge in [0.1, 0.15) is 0 Å². The molecule has 0 saturated carbocycles. The highest BCUT2D eigenvalue weighted by Crippen LogP contribution is 2.06. The van der Waals surface area contributed by atoms with E-state index in [0.717, 1.165) is 0 Å². The fraction of sp³-hybridized carbons (Fsp3) is 0.222. The molecule has 0 amide bonds. The zero-order chi connectivity index (χ0) is 8.27. The molecular formula is C9H13N2+. The number of amidine groups is 1. The van der Waals surface area contributed by atoms with Crippen molar-refractivity contribution in [3.8, 4) is 0 Å². The summed E-state index contributed by atoms with van der Waals surface area (Å²) in [4.78, 5) is 0. The lowest BCUT2D eigenvalue weighted by Crippen LogP contribution is -2.46. The average molecular weight is 149 g/mol. The predicted octanol–water partition coefficient (Wildman–Crippen LogP) is -0.346. The van der Waals surface area contributed by atoms with Crippen molar-refractivity contribution in [2.24, 2.45) is 5.73 Å². The highest BCUT2D eigenvalue weighted by molar-refractivity contribution is 5.76. The van der Waals surface area contributed by atoms with Crippen molar-refractivity contribution in [2.75, 3.05) is 0 Å². The van der Waals surface area contributed by atoms with Crippen LogP contribution in [0.2, 0.25) is 0 Å². The maximum absolute atomic E-state index is 5.39. The summed E-state index contributed by atoms with van der Waals surface area (Å²) >= 11 is 0. The fourth-order valence-corrected chi connectivity index (χ4v) is 1.03. The smallest absolute Gasteiger partial charge is 0.242 e. The Balaban J connectivity index is 2.86. The van der Waals surface area contributed by atoms with Gasteiger partial charge in [0.25, 0.3) is 0 Å². The summed E-state index contributed by atoms with van der Waals surface area (Å²) in [6, 6.07) is 8.09. The minimum atomic E-state index is 0.472. The molecule has 1 aromatic rings. The first-order valence-electron chi connectivity index (χ1n) is 3.61. The standard InChI is InChI=1S/C9H12N2/c1-7-4-2-3-5-8(7)6-9(10)11/h2-5H,6H2,1H3,(H3,10,11)/p+1. The van der Waals surface area contributed by atoms with Gasteiger partial charge in [-0.05, 0) is 18.1 Å². The Hall–Kier alpha value is -1.31. The summed E-state index contributed by atoms with van der Waals surface area (Å²) in [6.07, 6.45) is 0.673. The van der Waals surface area contributed by atoms with Gasteiger partial charge in [-0.3, -0.25) is 11.1 Å². The molecule has 1 rings (SSSR count). The second kappa shape index (κ2) is 3.19. The second-order valence-electron chi connectivity index (χ2n) is 2.68. The Kier molecular flexibility index (Phi) is 2.26. The zero-order valence-corrected chi connectivity index (χ0v) is 6.67. The monoisotopic (exact) mass is 149 g/mol. The maximum Gasteiger partial charge on any atom is 0.242 e. The van der Waals surface area contributed by atoms with E-state index in [0.29, 0.717) is 12.3 Å². The van der Waals surface area contributed by atoms with Gasteiger partial charge in [0.2, 0.25) is 5.84 Å². The van der Waals surface area contributed by atoms with E-state index in [9.17, 15) is 0 Å². The van der Waals surface area contributed by atoms with Gasteiger partial charge in [0.15, 0.2) is 0 Å². The number of hydrogen-bond donors (Lipinski definition) is 2. The predicted molar refractivity (Wildman–Crippen MR) is 46.0 cm³/mol. The molecule has 2 nitrogen and oxygen atoms in total. The van der Waals surface area contributed by atoms with Crippen molar-refractivity contribution in [3.63, 3.8) is 0 Å². The Morgan fingerprint density at radius 3 is 2.64 bits per heavy atom. The molecule has 4 N–H and O–H groups in total. The molecule has 0 atom stereocenters. The van der Waals surface area contributed by atoms with Crippen LogP contribution in [0.5, 0.6) is 0 Å². The van der Waals surface area contributed by atoms with Crippen molar-refractivity contribution in [2.45, 2.75) is 13.3 Å². The SMILES string of the molecule is Cc1ccccc1CC(N)=[NH2+]. The van der Waals surface area contributed by atoms with Gasteiger partial charge in [-0.2, -0.15) is 0 Å². The molecule has 2 heteroatoms. The van der Waals surface area contributed by atoms with Crippen LogP contribution < -0.4 is 11.1 Å². The summed E-state index contributed by atoms with van der Waals surface area (Å²) < 4.78 is 0. The lowest BCUT2D eigenvalue weighted by molar-refractivity contribution is -0.117. The molecule has 0 saturated heterocycles. The van der Waals surface area contributed by atoms with E-state index in [-0.39, 0.29) is 0 Å². The number of rotatable bonds is 2. The van der Waals surface area contributed by atoms with Crippen LogP contribution in [-0.4, -0.2) is 5.84 Å². The molecule has 0 spiro atoms. The summed E-state index contributed by atoms with van der Waals surface area (Å²) in [5.41, 5.74) is 7.83. The quantitative estimate of drug-likeness (QED) is 0.438. The minimum absolute atomic E-state index is 0.472. The Bertz CT molecular complexity index is 266. The summed E-state index contributed by atoms with van der Waals surface area (Å²) in [5, 5.41) is 5.39. The van der Waals surface area contributed by atoms with Gasteiger partial charge in [-0.25, -0.2) is 0 Å². The molecule has 58 valence electrons. The van der Waals surface area contributed by atoms with Gasteiger partial charge in [0, 0.05) is 0 Å². The molecule has 0 bridgehead atoms. The minimum Gasteiger partial charge on any atom is -0.291 e. The summed E-state index contributed by atoms with van der Waals surface area (Å²) in [7, 11) is 0. The molecule has 0 fully saturated rings. The van der Waals surface area contributed by atoms with E-state index < -0.39 is 0 Å². The van der Waals surface area contributed by atoms with Gasteiger partial charge in [-0.15, -0.1) is 0 Å². The second-order valence-corrected chi connectivity index (χ2v) is 2.68. The third kappa shape index (κ3) is 2.08. The molecule has 0 aliphatic rings. The molecule has 1 aromatic carbocycles. The molecule has 0 aromatic heterocycles. The Labute approximate surface area is 66.6 Å². The van der Waals surface area contributed by atoms with Crippen molar-refractivity contribution in [1.29, 1.82) is 0 Å². The van der Waals surface area contributed by atoms with Crippen molar-refractivity contribution >= 4 is 5.84 Å². The Morgan fingerprint density at radius 2 is 2.09 bits per heavy atom. The lowest BCUT2D eigenvalue weighted by atomic mass is 10.1. The third-order valence-electron chi connectivity index (χ3n) is 1.66. The number of nitrogens with two attached hydrogens (primary N) is 2. The van der Waals surface area contributed by atoms with E-state index in [1.807, 2.05) is 18.2 Å². The van der Waals surface area contributed by atoms with Crippen LogP contribution in [0.3, 0.4) is 0 Å². The van der Waals surface area contributed by atoms with Crippen molar-refractivity contribution < 1.29 is 5.41 Å². The van der Waals surface area contributed by atoms with E-state index >= 15 is 0 Å². The van der Waals surface area contributed by atoms with Crippen LogP contribution >= 0.6 is 0 Å². The third-order valence-corrected chi connectivity index (χ3v) is 1.66. The van der Waals surface area contributed by atoms with E-state index in [1.165, 1.54) is 11.1 Å². The van der Waals surface area contributed by atoms with Gasteiger partial charge >= 0.3 is 0 Å². The molecule has 11 heavy (non-hydrogen) atoms. The van der Waals surface area contributed by atoms with Gasteiger partial charge in [-0.1, -0.05) is 24.3 Å². The zero-order valence-electron chi connectivity index (χ0n) is 6.67. The lowest BCUT2D eigenvalue weighted by Gasteiger charge is -1.99. The van der Waals surface area contributed by atoms with Crippen LogP contribution in [-0.2, 0) is 6.42 Å². The molecular weight excluding hydrogens is 136 g/mol. The Morgan fingerprint density at radius 1 is 1.45 bits per heavy atom. The number of hydrogen-bond acceptors (Lipinski definition) is 0. The number of benzene rings is 1. The van der Waals surface area contributed by atoms with Crippen molar-refractivity contribution in [3.05, 3.63) is 35.4 Å². The molecule has 0 radical (unpaired) electrons. The summed E-state index contributed by atoms with van der Waals surface area (Å²) in [5.74, 6) is 0.472. The van der Waals surface area contributed by atoms with Crippen molar-refractivity contribution in [1.82, 2.24) is 0 Å². The highest BCUT2D eigenvalue weighted by atomic mass is 14.7. The van der Waals surface area contributed by atoms with Gasteiger partial charge in [0.05, 0.1) is 6.42 Å². The topological polar surface area (TPSA) is 51.6 Å².